The number of carbonyl (C=O) groups excluding carboxylic acids is 2. The van der Waals surface area contributed by atoms with Gasteiger partial charge in [0.1, 0.15) is 24.0 Å². The number of hydrogen-bond donors (Lipinski definition) is 2. The van der Waals surface area contributed by atoms with Crippen LogP contribution >= 0.6 is 11.8 Å². The Hall–Kier alpha value is -3.60. The standard InChI is InChI=1S/C26H26F3N5O4S/c1-3-18-19(37-15-39-2)12-20(38-18)34-13-17(10-7-11-30-25(36)26(27,28)29)21-22(31-14-32-23(21)34)33-24(35)16-8-5-4-6-9-16/h4-6,8-9,13-14,18-20H,3,11-12,15H2,1-2H3,(H,30,36)(H,31,32,33,35)/t18-,19?,20-/m1/s1. The molecule has 39 heavy (non-hydrogen) atoms. The molecular formula is C26H26F3N5O4S. The number of halogens is 3. The number of nitrogens with one attached hydrogen (secondary N) is 2. The second-order valence-corrected chi connectivity index (χ2v) is 9.37. The van der Waals surface area contributed by atoms with Crippen molar-refractivity contribution in [1.82, 2.24) is 19.9 Å². The van der Waals surface area contributed by atoms with Gasteiger partial charge < -0.3 is 24.7 Å². The van der Waals surface area contributed by atoms with Crippen LogP contribution in [0.15, 0.2) is 42.9 Å². The quantitative estimate of drug-likeness (QED) is 0.315. The van der Waals surface area contributed by atoms with E-state index in [1.807, 2.05) is 13.2 Å². The van der Waals surface area contributed by atoms with Crippen molar-refractivity contribution in [3.05, 3.63) is 54.0 Å². The molecule has 3 aromatic rings. The van der Waals surface area contributed by atoms with E-state index < -0.39 is 30.8 Å². The minimum absolute atomic E-state index is 0.142. The number of ether oxygens (including phenoxy) is 2. The lowest BCUT2D eigenvalue weighted by Gasteiger charge is -2.16. The van der Waals surface area contributed by atoms with E-state index in [1.54, 1.807) is 58.2 Å². The fourth-order valence-corrected chi connectivity index (χ4v) is 4.50. The van der Waals surface area contributed by atoms with Crippen molar-refractivity contribution < 1.29 is 32.2 Å². The highest BCUT2D eigenvalue weighted by Crippen LogP contribution is 2.37. The van der Waals surface area contributed by atoms with Crippen molar-refractivity contribution in [2.45, 2.75) is 44.4 Å². The maximum atomic E-state index is 12.9. The Kier molecular flexibility index (Phi) is 9.11. The molecule has 0 bridgehead atoms. The average Bonchev–Trinajstić information content (AvgIpc) is 3.51. The van der Waals surface area contributed by atoms with Gasteiger partial charge in [0.2, 0.25) is 0 Å². The molecule has 9 nitrogen and oxygen atoms in total. The highest BCUT2D eigenvalue weighted by atomic mass is 32.2. The van der Waals surface area contributed by atoms with Crippen LogP contribution in [0.4, 0.5) is 19.0 Å². The van der Waals surface area contributed by atoms with E-state index in [9.17, 15) is 22.8 Å². The van der Waals surface area contributed by atoms with Crippen molar-refractivity contribution >= 4 is 40.4 Å². The van der Waals surface area contributed by atoms with E-state index in [1.165, 1.54) is 6.33 Å². The van der Waals surface area contributed by atoms with Gasteiger partial charge in [0.05, 0.1) is 35.6 Å². The molecule has 0 radical (unpaired) electrons. The third kappa shape index (κ3) is 6.70. The predicted octanol–water partition coefficient (Wildman–Crippen LogP) is 4.12. The maximum Gasteiger partial charge on any atom is 0.471 e. The van der Waals surface area contributed by atoms with Crippen LogP contribution in [-0.4, -0.2) is 63.5 Å². The molecule has 13 heteroatoms. The molecule has 1 aliphatic rings. The molecule has 1 unspecified atom stereocenters. The largest absolute Gasteiger partial charge is 0.471 e. The SMILES string of the molecule is CC[C@H]1O[C@@H](n2cc(C#CCNC(=O)C(F)(F)F)c3c(NC(=O)c4ccccc4)ncnc32)CC1OCSC. The van der Waals surface area contributed by atoms with Crippen molar-refractivity contribution in [1.29, 1.82) is 0 Å². The molecule has 1 fully saturated rings. The topological polar surface area (TPSA) is 107 Å². The first-order valence-corrected chi connectivity index (χ1v) is 13.4. The summed E-state index contributed by atoms with van der Waals surface area (Å²) in [5, 5.41) is 4.88. The van der Waals surface area contributed by atoms with E-state index in [0.717, 1.165) is 6.42 Å². The number of nitrogens with zero attached hydrogens (tertiary/aromatic N) is 3. The van der Waals surface area contributed by atoms with Gasteiger partial charge in [0, 0.05) is 18.2 Å². The van der Waals surface area contributed by atoms with Gasteiger partial charge in [-0.2, -0.15) is 13.2 Å². The van der Waals surface area contributed by atoms with E-state index in [2.05, 4.69) is 27.1 Å². The molecular weight excluding hydrogens is 535 g/mol. The lowest BCUT2D eigenvalue weighted by Crippen LogP contribution is -2.36. The molecule has 0 aliphatic carbocycles. The van der Waals surface area contributed by atoms with Crippen molar-refractivity contribution in [3.63, 3.8) is 0 Å². The summed E-state index contributed by atoms with van der Waals surface area (Å²) in [5.74, 6) is 3.53. The summed E-state index contributed by atoms with van der Waals surface area (Å²) in [6, 6.07) is 8.53. The molecule has 3 heterocycles. The highest BCUT2D eigenvalue weighted by molar-refractivity contribution is 7.98. The van der Waals surface area contributed by atoms with Crippen LogP contribution in [-0.2, 0) is 14.3 Å². The number of rotatable bonds is 8. The van der Waals surface area contributed by atoms with Crippen LogP contribution < -0.4 is 10.6 Å². The van der Waals surface area contributed by atoms with Crippen LogP contribution in [0.1, 0.15) is 41.9 Å². The molecule has 206 valence electrons. The van der Waals surface area contributed by atoms with Gasteiger partial charge in [-0.15, -0.1) is 11.8 Å². The fraction of sp³-hybridized carbons (Fsp3) is 0.385. The molecule has 0 saturated carbocycles. The van der Waals surface area contributed by atoms with Gasteiger partial charge in [0.25, 0.3) is 5.91 Å². The van der Waals surface area contributed by atoms with Gasteiger partial charge >= 0.3 is 12.1 Å². The zero-order chi connectivity index (χ0) is 28.0. The third-order valence-electron chi connectivity index (χ3n) is 5.99. The minimum atomic E-state index is -5.01. The Morgan fingerprint density at radius 1 is 1.26 bits per heavy atom. The number of fused-ring (bicyclic) bond motifs is 1. The van der Waals surface area contributed by atoms with Gasteiger partial charge in [-0.05, 0) is 24.8 Å². The second-order valence-electron chi connectivity index (χ2n) is 8.56. The number of aromatic nitrogens is 3. The number of amides is 2. The van der Waals surface area contributed by atoms with Gasteiger partial charge in [-0.1, -0.05) is 37.0 Å². The van der Waals surface area contributed by atoms with Crippen LogP contribution in [0, 0.1) is 11.8 Å². The van der Waals surface area contributed by atoms with E-state index >= 15 is 0 Å². The smallest absolute Gasteiger partial charge is 0.365 e. The van der Waals surface area contributed by atoms with Crippen LogP contribution in [0.25, 0.3) is 11.0 Å². The monoisotopic (exact) mass is 561 g/mol. The summed E-state index contributed by atoms with van der Waals surface area (Å²) < 4.78 is 51.5. The molecule has 1 aromatic carbocycles. The van der Waals surface area contributed by atoms with Crippen LogP contribution in [0.5, 0.6) is 0 Å². The molecule has 3 atom stereocenters. The molecule has 1 saturated heterocycles. The Morgan fingerprint density at radius 2 is 2.03 bits per heavy atom. The zero-order valence-electron chi connectivity index (χ0n) is 21.1. The summed E-state index contributed by atoms with van der Waals surface area (Å²) in [6.07, 6.45) is 0.404. The number of carbonyl (C=O) groups is 2. The number of hydrogen-bond acceptors (Lipinski definition) is 7. The van der Waals surface area contributed by atoms with Gasteiger partial charge in [0.15, 0.2) is 0 Å². The highest BCUT2D eigenvalue weighted by Gasteiger charge is 2.38. The van der Waals surface area contributed by atoms with Gasteiger partial charge in [-0.3, -0.25) is 9.59 Å². The van der Waals surface area contributed by atoms with E-state index in [-0.39, 0.29) is 18.0 Å². The molecule has 4 rings (SSSR count). The first-order chi connectivity index (χ1) is 18.7. The van der Waals surface area contributed by atoms with Crippen LogP contribution in [0.3, 0.4) is 0 Å². The number of thioether (sulfide) groups is 1. The second kappa shape index (κ2) is 12.5. The zero-order valence-corrected chi connectivity index (χ0v) is 21.9. The molecule has 1 aliphatic heterocycles. The summed E-state index contributed by atoms with van der Waals surface area (Å²) in [4.78, 5) is 32.7. The van der Waals surface area contributed by atoms with E-state index in [0.29, 0.717) is 34.5 Å². The van der Waals surface area contributed by atoms with Crippen molar-refractivity contribution in [2.75, 3.05) is 24.1 Å². The Balaban J connectivity index is 1.70. The number of alkyl halides is 3. The van der Waals surface area contributed by atoms with Gasteiger partial charge in [-0.25, -0.2) is 9.97 Å². The molecule has 2 N–H and O–H groups in total. The molecule has 2 amide bonds. The first kappa shape index (κ1) is 28.4. The first-order valence-electron chi connectivity index (χ1n) is 12.0. The normalized spacial score (nSPS) is 18.9. The summed E-state index contributed by atoms with van der Waals surface area (Å²) in [6.45, 7) is 1.47. The summed E-state index contributed by atoms with van der Waals surface area (Å²) in [7, 11) is 0. The fourth-order valence-electron chi connectivity index (χ4n) is 4.19. The third-order valence-corrected chi connectivity index (χ3v) is 6.36. The van der Waals surface area contributed by atoms with Crippen molar-refractivity contribution in [3.8, 4) is 11.8 Å². The number of benzene rings is 1. The average molecular weight is 562 g/mol. The van der Waals surface area contributed by atoms with Crippen molar-refractivity contribution in [2.24, 2.45) is 0 Å². The number of anilines is 1. The summed E-state index contributed by atoms with van der Waals surface area (Å²) in [5.41, 5.74) is 1.17. The lowest BCUT2D eigenvalue weighted by atomic mass is 10.1. The minimum Gasteiger partial charge on any atom is -0.365 e. The predicted molar refractivity (Wildman–Crippen MR) is 140 cm³/mol. The van der Waals surface area contributed by atoms with Crippen LogP contribution in [0.2, 0.25) is 0 Å². The Morgan fingerprint density at radius 3 is 2.72 bits per heavy atom. The maximum absolute atomic E-state index is 12.9. The van der Waals surface area contributed by atoms with E-state index in [4.69, 9.17) is 9.47 Å². The Labute approximate surface area is 226 Å². The lowest BCUT2D eigenvalue weighted by molar-refractivity contribution is -0.173. The Bertz CT molecular complexity index is 1390. The summed E-state index contributed by atoms with van der Waals surface area (Å²) >= 11 is 1.56. The molecule has 2 aromatic heterocycles. The molecule has 0 spiro atoms.